The predicted molar refractivity (Wildman–Crippen MR) is 104 cm³/mol. The van der Waals surface area contributed by atoms with Crippen molar-refractivity contribution in [2.75, 3.05) is 30.9 Å². The molecule has 3 rings (SSSR count). The van der Waals surface area contributed by atoms with Gasteiger partial charge in [0.15, 0.2) is 0 Å². The number of piperidine rings is 1. The van der Waals surface area contributed by atoms with E-state index in [1.54, 1.807) is 0 Å². The van der Waals surface area contributed by atoms with Gasteiger partial charge in [-0.3, -0.25) is 0 Å². The molecular formula is C21H27N3O. The third-order valence-corrected chi connectivity index (χ3v) is 4.84. The van der Waals surface area contributed by atoms with Gasteiger partial charge < -0.3 is 15.1 Å². The second kappa shape index (κ2) is 8.06. The maximum atomic E-state index is 12.8. The topological polar surface area (TPSA) is 35.6 Å². The summed E-state index contributed by atoms with van der Waals surface area (Å²) in [7, 11) is 4.02. The first-order valence-electron chi connectivity index (χ1n) is 9.02. The normalized spacial score (nSPS) is 17.2. The molecule has 1 saturated heterocycles. The third kappa shape index (κ3) is 4.53. The van der Waals surface area contributed by atoms with Gasteiger partial charge in [-0.1, -0.05) is 30.3 Å². The van der Waals surface area contributed by atoms with Crippen molar-refractivity contribution in [3.05, 3.63) is 60.2 Å². The highest BCUT2D eigenvalue weighted by atomic mass is 16.2. The Balaban J connectivity index is 1.66. The van der Waals surface area contributed by atoms with Crippen LogP contribution in [0.15, 0.2) is 54.6 Å². The first kappa shape index (κ1) is 17.3. The van der Waals surface area contributed by atoms with Crippen LogP contribution in [0, 0.1) is 0 Å². The highest BCUT2D eigenvalue weighted by molar-refractivity contribution is 5.89. The summed E-state index contributed by atoms with van der Waals surface area (Å²) in [4.78, 5) is 16.8. The average Bonchev–Trinajstić information content (AvgIpc) is 2.63. The zero-order valence-electron chi connectivity index (χ0n) is 15.1. The lowest BCUT2D eigenvalue weighted by atomic mass is 9.96. The van der Waals surface area contributed by atoms with Crippen molar-refractivity contribution >= 4 is 17.4 Å². The van der Waals surface area contributed by atoms with E-state index in [9.17, 15) is 4.79 Å². The molecule has 2 amide bonds. The largest absolute Gasteiger partial charge is 0.378 e. The maximum absolute atomic E-state index is 12.8. The Morgan fingerprint density at radius 2 is 1.80 bits per heavy atom. The summed E-state index contributed by atoms with van der Waals surface area (Å²) in [5, 5.41) is 3.06. The molecule has 1 N–H and O–H groups in total. The van der Waals surface area contributed by atoms with Gasteiger partial charge in [0.1, 0.15) is 0 Å². The fourth-order valence-corrected chi connectivity index (χ4v) is 3.40. The van der Waals surface area contributed by atoms with Crippen LogP contribution in [0.4, 0.5) is 16.2 Å². The van der Waals surface area contributed by atoms with Crippen molar-refractivity contribution < 1.29 is 4.79 Å². The lowest BCUT2D eigenvalue weighted by Gasteiger charge is -2.36. The number of benzene rings is 2. The molecule has 0 saturated carbocycles. The van der Waals surface area contributed by atoms with E-state index in [0.29, 0.717) is 0 Å². The van der Waals surface area contributed by atoms with Gasteiger partial charge in [-0.15, -0.1) is 0 Å². The number of nitrogens with zero attached hydrogens (tertiary/aromatic N) is 2. The molecule has 1 heterocycles. The van der Waals surface area contributed by atoms with Gasteiger partial charge in [-0.2, -0.15) is 0 Å². The maximum Gasteiger partial charge on any atom is 0.322 e. The van der Waals surface area contributed by atoms with E-state index >= 15 is 0 Å². The minimum Gasteiger partial charge on any atom is -0.378 e. The number of hydrogen-bond acceptors (Lipinski definition) is 2. The molecule has 2 aromatic carbocycles. The zero-order chi connectivity index (χ0) is 17.6. The summed E-state index contributed by atoms with van der Waals surface area (Å²) in [5.41, 5.74) is 3.26. The number of anilines is 2. The number of carbonyl (C=O) groups is 1. The number of amides is 2. The average molecular weight is 337 g/mol. The molecule has 132 valence electrons. The Bertz CT molecular complexity index is 682. The highest BCUT2D eigenvalue weighted by Gasteiger charge is 2.26. The summed E-state index contributed by atoms with van der Waals surface area (Å²) in [6.07, 6.45) is 4.27. The van der Waals surface area contributed by atoms with Crippen molar-refractivity contribution in [3.63, 3.8) is 0 Å². The number of rotatable bonds is 4. The number of nitrogens with one attached hydrogen (secondary N) is 1. The van der Waals surface area contributed by atoms with E-state index in [0.717, 1.165) is 37.2 Å². The number of carbonyl (C=O) groups excluding carboxylic acids is 1. The Hall–Kier alpha value is -2.49. The van der Waals surface area contributed by atoms with Crippen molar-refractivity contribution in [1.82, 2.24) is 4.90 Å². The zero-order valence-corrected chi connectivity index (χ0v) is 15.1. The van der Waals surface area contributed by atoms with Gasteiger partial charge in [0.25, 0.3) is 0 Å². The molecule has 0 radical (unpaired) electrons. The molecule has 25 heavy (non-hydrogen) atoms. The SMILES string of the molecule is CN(C)c1ccc(NC(=O)N2CCCCC2Cc2ccccc2)cc1. The highest BCUT2D eigenvalue weighted by Crippen LogP contribution is 2.22. The second-order valence-electron chi connectivity index (χ2n) is 6.90. The van der Waals surface area contributed by atoms with Crippen LogP contribution in [-0.4, -0.2) is 37.6 Å². The summed E-state index contributed by atoms with van der Waals surface area (Å²) in [6.45, 7) is 0.832. The van der Waals surface area contributed by atoms with Crippen LogP contribution in [0.5, 0.6) is 0 Å². The van der Waals surface area contributed by atoms with Crippen molar-refractivity contribution in [1.29, 1.82) is 0 Å². The van der Waals surface area contributed by atoms with E-state index in [-0.39, 0.29) is 12.1 Å². The molecule has 2 aromatic rings. The second-order valence-corrected chi connectivity index (χ2v) is 6.90. The molecule has 1 aliphatic heterocycles. The minimum absolute atomic E-state index is 0.0123. The fraction of sp³-hybridized carbons (Fsp3) is 0.381. The molecule has 1 atom stereocenters. The van der Waals surface area contributed by atoms with Gasteiger partial charge >= 0.3 is 6.03 Å². The Kier molecular flexibility index (Phi) is 5.59. The van der Waals surface area contributed by atoms with Gasteiger partial charge in [0.2, 0.25) is 0 Å². The molecule has 0 spiro atoms. The summed E-state index contributed by atoms with van der Waals surface area (Å²) in [6, 6.07) is 18.7. The van der Waals surface area contributed by atoms with Gasteiger partial charge in [0, 0.05) is 38.1 Å². The van der Waals surface area contributed by atoms with Crippen LogP contribution < -0.4 is 10.2 Å². The van der Waals surface area contributed by atoms with E-state index in [2.05, 4.69) is 29.6 Å². The van der Waals surface area contributed by atoms with Crippen LogP contribution in [-0.2, 0) is 6.42 Å². The monoisotopic (exact) mass is 337 g/mol. The summed E-state index contributed by atoms with van der Waals surface area (Å²) >= 11 is 0. The third-order valence-electron chi connectivity index (χ3n) is 4.84. The van der Waals surface area contributed by atoms with Gasteiger partial charge in [0.05, 0.1) is 0 Å². The first-order valence-corrected chi connectivity index (χ1v) is 9.02. The standard InChI is InChI=1S/C21H27N3O/c1-23(2)19-13-11-18(12-14-19)22-21(25)24-15-7-6-10-20(24)16-17-8-4-3-5-9-17/h3-5,8-9,11-14,20H,6-7,10,15-16H2,1-2H3,(H,22,25). The van der Waals surface area contributed by atoms with E-state index in [1.807, 2.05) is 54.2 Å². The van der Waals surface area contributed by atoms with E-state index in [1.165, 1.54) is 12.0 Å². The smallest absolute Gasteiger partial charge is 0.322 e. The van der Waals surface area contributed by atoms with Crippen LogP contribution in [0.1, 0.15) is 24.8 Å². The van der Waals surface area contributed by atoms with Crippen molar-refractivity contribution in [3.8, 4) is 0 Å². The Morgan fingerprint density at radius 3 is 2.48 bits per heavy atom. The molecule has 0 aliphatic carbocycles. The molecule has 0 aromatic heterocycles. The Morgan fingerprint density at radius 1 is 1.08 bits per heavy atom. The number of hydrogen-bond donors (Lipinski definition) is 1. The van der Waals surface area contributed by atoms with Crippen molar-refractivity contribution in [2.45, 2.75) is 31.7 Å². The predicted octanol–water partition coefficient (Wildman–Crippen LogP) is 4.38. The summed E-state index contributed by atoms with van der Waals surface area (Å²) in [5.74, 6) is 0. The molecule has 1 unspecified atom stereocenters. The summed E-state index contributed by atoms with van der Waals surface area (Å²) < 4.78 is 0. The minimum atomic E-state index is 0.0123. The fourth-order valence-electron chi connectivity index (χ4n) is 3.40. The lowest BCUT2D eigenvalue weighted by molar-refractivity contribution is 0.162. The molecule has 0 bridgehead atoms. The van der Waals surface area contributed by atoms with Crippen LogP contribution in [0.3, 0.4) is 0 Å². The molecule has 4 heteroatoms. The van der Waals surface area contributed by atoms with Crippen LogP contribution in [0.25, 0.3) is 0 Å². The van der Waals surface area contributed by atoms with Gasteiger partial charge in [-0.05, 0) is 55.5 Å². The molecular weight excluding hydrogens is 310 g/mol. The Labute approximate surface area is 150 Å². The molecule has 1 aliphatic rings. The number of likely N-dealkylation sites (tertiary alicyclic amines) is 1. The van der Waals surface area contributed by atoms with Gasteiger partial charge in [-0.25, -0.2) is 4.79 Å². The van der Waals surface area contributed by atoms with E-state index < -0.39 is 0 Å². The molecule has 1 fully saturated rings. The lowest BCUT2D eigenvalue weighted by Crippen LogP contribution is -2.46. The first-order chi connectivity index (χ1) is 12.1. The quantitative estimate of drug-likeness (QED) is 0.898. The van der Waals surface area contributed by atoms with Crippen LogP contribution in [0.2, 0.25) is 0 Å². The number of urea groups is 1. The van der Waals surface area contributed by atoms with Crippen LogP contribution >= 0.6 is 0 Å². The molecule has 4 nitrogen and oxygen atoms in total. The van der Waals surface area contributed by atoms with Crippen molar-refractivity contribution in [2.24, 2.45) is 0 Å². The van der Waals surface area contributed by atoms with E-state index in [4.69, 9.17) is 0 Å².